The summed E-state index contributed by atoms with van der Waals surface area (Å²) < 4.78 is 10.5. The van der Waals surface area contributed by atoms with Crippen LogP contribution in [0.2, 0.25) is 0 Å². The van der Waals surface area contributed by atoms with Crippen molar-refractivity contribution in [1.29, 1.82) is 0 Å². The Morgan fingerprint density at radius 3 is 3.00 bits per heavy atom. The van der Waals surface area contributed by atoms with Crippen LogP contribution in [0.3, 0.4) is 0 Å². The molecule has 1 aliphatic rings. The van der Waals surface area contributed by atoms with Gasteiger partial charge >= 0.3 is 0 Å². The van der Waals surface area contributed by atoms with E-state index >= 15 is 0 Å². The standard InChI is InChI=1S/C13H15NO4/c1-8(2)14-13(16)7-17-9-3-4-10-11(15)6-18-12(10)5-9/h3-5,8H,6-7H2,1-2H3,(H,14,16). The van der Waals surface area contributed by atoms with E-state index in [0.29, 0.717) is 17.1 Å². The first kappa shape index (κ1) is 12.4. The molecule has 1 N–H and O–H groups in total. The van der Waals surface area contributed by atoms with Crippen molar-refractivity contribution >= 4 is 11.7 Å². The summed E-state index contributed by atoms with van der Waals surface area (Å²) in [5.41, 5.74) is 0.564. The monoisotopic (exact) mass is 249 g/mol. The van der Waals surface area contributed by atoms with E-state index in [1.807, 2.05) is 13.8 Å². The van der Waals surface area contributed by atoms with Gasteiger partial charge in [0, 0.05) is 12.1 Å². The predicted octanol–water partition coefficient (Wildman–Crippen LogP) is 1.17. The average Bonchev–Trinajstić information content (AvgIpc) is 2.67. The SMILES string of the molecule is CC(C)NC(=O)COc1ccc2c(c1)OCC2=O. The fourth-order valence-electron chi connectivity index (χ4n) is 1.68. The molecule has 1 heterocycles. The molecular weight excluding hydrogens is 234 g/mol. The van der Waals surface area contributed by atoms with E-state index in [9.17, 15) is 9.59 Å². The van der Waals surface area contributed by atoms with Gasteiger partial charge in [-0.2, -0.15) is 0 Å². The lowest BCUT2D eigenvalue weighted by Crippen LogP contribution is -2.34. The van der Waals surface area contributed by atoms with E-state index in [-0.39, 0.29) is 30.9 Å². The van der Waals surface area contributed by atoms with E-state index < -0.39 is 0 Å². The lowest BCUT2D eigenvalue weighted by molar-refractivity contribution is -0.123. The molecule has 0 atom stereocenters. The van der Waals surface area contributed by atoms with Gasteiger partial charge in [0.2, 0.25) is 5.78 Å². The van der Waals surface area contributed by atoms with Crippen LogP contribution in [0.5, 0.6) is 11.5 Å². The number of carbonyl (C=O) groups excluding carboxylic acids is 2. The van der Waals surface area contributed by atoms with Crippen molar-refractivity contribution in [3.63, 3.8) is 0 Å². The highest BCUT2D eigenvalue weighted by Crippen LogP contribution is 2.29. The molecule has 1 aliphatic heterocycles. The fraction of sp³-hybridized carbons (Fsp3) is 0.385. The molecule has 0 fully saturated rings. The maximum Gasteiger partial charge on any atom is 0.258 e. The highest BCUT2D eigenvalue weighted by atomic mass is 16.5. The third kappa shape index (κ3) is 2.80. The molecule has 0 unspecified atom stereocenters. The summed E-state index contributed by atoms with van der Waals surface area (Å²) in [4.78, 5) is 22.7. The van der Waals surface area contributed by atoms with Gasteiger partial charge < -0.3 is 14.8 Å². The number of rotatable bonds is 4. The lowest BCUT2D eigenvalue weighted by atomic mass is 10.1. The summed E-state index contributed by atoms with van der Waals surface area (Å²) >= 11 is 0. The van der Waals surface area contributed by atoms with E-state index in [2.05, 4.69) is 5.32 Å². The minimum atomic E-state index is -0.178. The number of ether oxygens (including phenoxy) is 2. The van der Waals surface area contributed by atoms with Gasteiger partial charge in [-0.05, 0) is 26.0 Å². The van der Waals surface area contributed by atoms with E-state index in [0.717, 1.165) is 0 Å². The van der Waals surface area contributed by atoms with Gasteiger partial charge in [-0.3, -0.25) is 9.59 Å². The Balaban J connectivity index is 1.95. The van der Waals surface area contributed by atoms with Crippen LogP contribution >= 0.6 is 0 Å². The Labute approximate surface area is 105 Å². The minimum absolute atomic E-state index is 0.0332. The molecule has 1 aromatic carbocycles. The highest BCUT2D eigenvalue weighted by molar-refractivity contribution is 6.02. The van der Waals surface area contributed by atoms with Crippen LogP contribution in [0, 0.1) is 0 Å². The average molecular weight is 249 g/mol. The second-order valence-corrected chi connectivity index (χ2v) is 4.38. The molecule has 0 saturated carbocycles. The molecule has 0 aromatic heterocycles. The Hall–Kier alpha value is -2.04. The third-order valence-corrected chi connectivity index (χ3v) is 2.43. The van der Waals surface area contributed by atoms with Crippen LogP contribution in [-0.4, -0.2) is 30.9 Å². The largest absolute Gasteiger partial charge is 0.485 e. The van der Waals surface area contributed by atoms with Crippen molar-refractivity contribution in [2.24, 2.45) is 0 Å². The van der Waals surface area contributed by atoms with Crippen LogP contribution in [0.25, 0.3) is 0 Å². The molecule has 96 valence electrons. The zero-order chi connectivity index (χ0) is 13.1. The maximum atomic E-state index is 11.4. The smallest absolute Gasteiger partial charge is 0.258 e. The lowest BCUT2D eigenvalue weighted by Gasteiger charge is -2.10. The molecule has 1 aromatic rings. The summed E-state index contributed by atoms with van der Waals surface area (Å²) in [5.74, 6) is 0.820. The van der Waals surface area contributed by atoms with Gasteiger partial charge in [0.1, 0.15) is 11.5 Å². The summed E-state index contributed by atoms with van der Waals surface area (Å²) in [6.45, 7) is 3.79. The Morgan fingerprint density at radius 1 is 1.50 bits per heavy atom. The second-order valence-electron chi connectivity index (χ2n) is 4.38. The van der Waals surface area contributed by atoms with Crippen molar-refractivity contribution in [2.45, 2.75) is 19.9 Å². The van der Waals surface area contributed by atoms with Crippen LogP contribution in [-0.2, 0) is 4.79 Å². The number of nitrogens with one attached hydrogen (secondary N) is 1. The maximum absolute atomic E-state index is 11.4. The Kier molecular flexibility index (Phi) is 3.50. The predicted molar refractivity (Wildman–Crippen MR) is 65.0 cm³/mol. The number of fused-ring (bicyclic) bond motifs is 1. The van der Waals surface area contributed by atoms with Gasteiger partial charge in [0.25, 0.3) is 5.91 Å². The quantitative estimate of drug-likeness (QED) is 0.869. The van der Waals surface area contributed by atoms with E-state index in [4.69, 9.17) is 9.47 Å². The first-order valence-corrected chi connectivity index (χ1v) is 5.78. The van der Waals surface area contributed by atoms with Crippen molar-refractivity contribution in [2.75, 3.05) is 13.2 Å². The van der Waals surface area contributed by atoms with Crippen molar-refractivity contribution in [1.82, 2.24) is 5.32 Å². The number of Topliss-reactive ketones (excluding diaryl/α,β-unsaturated/α-hetero) is 1. The first-order chi connectivity index (χ1) is 8.56. The molecule has 0 radical (unpaired) electrons. The minimum Gasteiger partial charge on any atom is -0.485 e. The van der Waals surface area contributed by atoms with Gasteiger partial charge in [0.15, 0.2) is 13.2 Å². The molecule has 5 nitrogen and oxygen atoms in total. The Morgan fingerprint density at radius 2 is 2.28 bits per heavy atom. The van der Waals surface area contributed by atoms with Crippen LogP contribution in [0.15, 0.2) is 18.2 Å². The Bertz CT molecular complexity index is 482. The van der Waals surface area contributed by atoms with E-state index in [1.54, 1.807) is 18.2 Å². The van der Waals surface area contributed by atoms with Gasteiger partial charge in [-0.1, -0.05) is 0 Å². The molecule has 1 amide bonds. The van der Waals surface area contributed by atoms with Crippen LogP contribution in [0.1, 0.15) is 24.2 Å². The molecular formula is C13H15NO4. The molecule has 5 heteroatoms. The van der Waals surface area contributed by atoms with Gasteiger partial charge in [-0.25, -0.2) is 0 Å². The van der Waals surface area contributed by atoms with Crippen molar-refractivity contribution in [3.8, 4) is 11.5 Å². The molecule has 0 saturated heterocycles. The summed E-state index contributed by atoms with van der Waals surface area (Å²) in [5, 5.41) is 2.72. The van der Waals surface area contributed by atoms with Gasteiger partial charge in [-0.15, -0.1) is 0 Å². The van der Waals surface area contributed by atoms with Crippen molar-refractivity contribution < 1.29 is 19.1 Å². The normalized spacial score (nSPS) is 13.2. The zero-order valence-electron chi connectivity index (χ0n) is 10.4. The number of carbonyl (C=O) groups is 2. The van der Waals surface area contributed by atoms with Crippen LogP contribution < -0.4 is 14.8 Å². The van der Waals surface area contributed by atoms with Gasteiger partial charge in [0.05, 0.1) is 5.56 Å². The molecule has 2 rings (SSSR count). The summed E-state index contributed by atoms with van der Waals surface area (Å²) in [6.07, 6.45) is 0. The number of amides is 1. The first-order valence-electron chi connectivity index (χ1n) is 5.78. The summed E-state index contributed by atoms with van der Waals surface area (Å²) in [7, 11) is 0. The number of hydrogen-bond acceptors (Lipinski definition) is 4. The molecule has 0 aliphatic carbocycles. The number of ketones is 1. The van der Waals surface area contributed by atoms with Crippen LogP contribution in [0.4, 0.5) is 0 Å². The zero-order valence-corrected chi connectivity index (χ0v) is 10.4. The van der Waals surface area contributed by atoms with Crippen molar-refractivity contribution in [3.05, 3.63) is 23.8 Å². The molecule has 0 bridgehead atoms. The number of benzene rings is 1. The summed E-state index contributed by atoms with van der Waals surface area (Å²) in [6, 6.07) is 5.03. The number of hydrogen-bond donors (Lipinski definition) is 1. The highest BCUT2D eigenvalue weighted by Gasteiger charge is 2.21. The topological polar surface area (TPSA) is 64.6 Å². The molecule has 18 heavy (non-hydrogen) atoms. The second kappa shape index (κ2) is 5.08. The fourth-order valence-corrected chi connectivity index (χ4v) is 1.68. The van der Waals surface area contributed by atoms with E-state index in [1.165, 1.54) is 0 Å². The third-order valence-electron chi connectivity index (χ3n) is 2.43. The molecule has 0 spiro atoms.